The predicted octanol–water partition coefficient (Wildman–Crippen LogP) is 10.0. The molecule has 1 amide bonds. The van der Waals surface area contributed by atoms with Crippen molar-refractivity contribution in [3.8, 4) is 0 Å². The Hall–Kier alpha value is -0.570. The fraction of sp³-hybridized carbons (Fsp3) is 0.969. The summed E-state index contributed by atoms with van der Waals surface area (Å²) < 4.78 is 0. The minimum absolute atomic E-state index is 0.167. The normalized spacial score (nSPS) is 13.1. The van der Waals surface area contributed by atoms with Gasteiger partial charge in [0.25, 0.3) is 0 Å². The second-order valence-electron chi connectivity index (χ2n) is 11.3. The first-order valence-electron chi connectivity index (χ1n) is 16.1. The van der Waals surface area contributed by atoms with Crippen molar-refractivity contribution in [1.29, 1.82) is 0 Å². The highest BCUT2D eigenvalue weighted by atomic mass is 16.3. The van der Waals surface area contributed by atoms with E-state index in [1.165, 1.54) is 141 Å². The number of unbranched alkanes of at least 4 members (excludes halogenated alkanes) is 22. The van der Waals surface area contributed by atoms with Crippen molar-refractivity contribution in [3.63, 3.8) is 0 Å². The Morgan fingerprint density at radius 1 is 0.514 bits per heavy atom. The van der Waals surface area contributed by atoms with Crippen LogP contribution >= 0.6 is 0 Å². The number of carbonyl (C=O) groups excluding carboxylic acids is 1. The van der Waals surface area contributed by atoms with Crippen LogP contribution in [0.2, 0.25) is 0 Å². The highest BCUT2D eigenvalue weighted by Gasteiger charge is 2.16. The van der Waals surface area contributed by atoms with Crippen molar-refractivity contribution in [2.75, 3.05) is 0 Å². The van der Waals surface area contributed by atoms with Crippen LogP contribution in [0, 0.1) is 0 Å². The van der Waals surface area contributed by atoms with E-state index >= 15 is 0 Å². The standard InChI is InChI=1S/C32H65NO2/c1-4-6-8-10-12-14-16-18-20-22-24-26-28-30(3)33-32(35)31(34)29-27-25-23-21-19-17-15-13-11-9-7-5-2/h30-31,34H,4-29H2,1-3H3,(H,33,35). The second kappa shape index (κ2) is 28.0. The van der Waals surface area contributed by atoms with Crippen LogP contribution in [-0.2, 0) is 4.79 Å². The van der Waals surface area contributed by atoms with E-state index < -0.39 is 6.10 Å². The van der Waals surface area contributed by atoms with Gasteiger partial charge in [0.05, 0.1) is 0 Å². The van der Waals surface area contributed by atoms with Crippen molar-refractivity contribution in [3.05, 3.63) is 0 Å². The largest absolute Gasteiger partial charge is 0.383 e. The summed E-state index contributed by atoms with van der Waals surface area (Å²) in [6.45, 7) is 6.62. The summed E-state index contributed by atoms with van der Waals surface area (Å²) >= 11 is 0. The molecule has 0 radical (unpaired) electrons. The zero-order valence-corrected chi connectivity index (χ0v) is 24.4. The topological polar surface area (TPSA) is 49.3 Å². The van der Waals surface area contributed by atoms with E-state index in [0.29, 0.717) is 6.42 Å². The Bertz CT molecular complexity index is 426. The number of rotatable bonds is 28. The van der Waals surface area contributed by atoms with Crippen LogP contribution in [0.4, 0.5) is 0 Å². The molecule has 2 atom stereocenters. The molecular weight excluding hydrogens is 430 g/mol. The minimum Gasteiger partial charge on any atom is -0.383 e. The van der Waals surface area contributed by atoms with Gasteiger partial charge in [0.1, 0.15) is 6.10 Å². The minimum atomic E-state index is -0.831. The Kier molecular flexibility index (Phi) is 27.6. The van der Waals surface area contributed by atoms with Crippen LogP contribution < -0.4 is 5.32 Å². The summed E-state index contributed by atoms with van der Waals surface area (Å²) in [5, 5.41) is 13.2. The molecular formula is C32H65NO2. The first kappa shape index (κ1) is 34.4. The van der Waals surface area contributed by atoms with Gasteiger partial charge in [-0.1, -0.05) is 168 Å². The van der Waals surface area contributed by atoms with Gasteiger partial charge in [-0.3, -0.25) is 4.79 Å². The lowest BCUT2D eigenvalue weighted by Crippen LogP contribution is -2.40. The molecule has 0 saturated heterocycles. The average Bonchev–Trinajstić information content (AvgIpc) is 2.85. The molecule has 0 heterocycles. The molecule has 3 nitrogen and oxygen atoms in total. The first-order valence-corrected chi connectivity index (χ1v) is 16.1. The molecule has 0 aromatic heterocycles. The molecule has 0 rings (SSSR count). The Labute approximate surface area is 221 Å². The van der Waals surface area contributed by atoms with Crippen molar-refractivity contribution in [1.82, 2.24) is 5.32 Å². The third-order valence-electron chi connectivity index (χ3n) is 7.51. The summed E-state index contributed by atoms with van der Waals surface area (Å²) in [7, 11) is 0. The third kappa shape index (κ3) is 26.3. The van der Waals surface area contributed by atoms with E-state index in [1.54, 1.807) is 0 Å². The van der Waals surface area contributed by atoms with Crippen LogP contribution in [0.25, 0.3) is 0 Å². The molecule has 3 heteroatoms. The number of nitrogens with one attached hydrogen (secondary N) is 1. The van der Waals surface area contributed by atoms with E-state index in [-0.39, 0.29) is 11.9 Å². The SMILES string of the molecule is CCCCCCCCCCCCCCC(C)NC(=O)C(O)CCCCCCCCCCCCCC. The summed E-state index contributed by atoms with van der Waals surface area (Å²) in [6, 6.07) is 0.169. The van der Waals surface area contributed by atoms with Crippen molar-refractivity contribution < 1.29 is 9.90 Å². The van der Waals surface area contributed by atoms with Gasteiger partial charge in [0.2, 0.25) is 5.91 Å². The smallest absolute Gasteiger partial charge is 0.249 e. The Morgan fingerprint density at radius 2 is 0.800 bits per heavy atom. The molecule has 0 bridgehead atoms. The van der Waals surface area contributed by atoms with Gasteiger partial charge in [0.15, 0.2) is 0 Å². The van der Waals surface area contributed by atoms with Crippen molar-refractivity contribution >= 4 is 5.91 Å². The van der Waals surface area contributed by atoms with E-state index in [2.05, 4.69) is 26.1 Å². The van der Waals surface area contributed by atoms with Gasteiger partial charge >= 0.3 is 0 Å². The predicted molar refractivity (Wildman–Crippen MR) is 155 cm³/mol. The fourth-order valence-electron chi connectivity index (χ4n) is 5.01. The molecule has 2 N–H and O–H groups in total. The van der Waals surface area contributed by atoms with Gasteiger partial charge in [0, 0.05) is 6.04 Å². The van der Waals surface area contributed by atoms with Gasteiger partial charge in [-0.2, -0.15) is 0 Å². The summed E-state index contributed by atoms with van der Waals surface area (Å²) in [5.74, 6) is -0.167. The fourth-order valence-corrected chi connectivity index (χ4v) is 5.01. The summed E-state index contributed by atoms with van der Waals surface area (Å²) in [5.41, 5.74) is 0. The number of aliphatic hydroxyl groups excluding tert-OH is 1. The van der Waals surface area contributed by atoms with E-state index in [9.17, 15) is 9.90 Å². The number of hydrogen-bond donors (Lipinski definition) is 2. The van der Waals surface area contributed by atoms with Crippen molar-refractivity contribution in [2.45, 2.75) is 200 Å². The lowest BCUT2D eigenvalue weighted by molar-refractivity contribution is -0.130. The maximum atomic E-state index is 12.2. The molecule has 0 saturated carbocycles. The summed E-state index contributed by atoms with van der Waals surface area (Å²) in [6.07, 6.45) is 32.8. The highest BCUT2D eigenvalue weighted by molar-refractivity contribution is 5.80. The van der Waals surface area contributed by atoms with E-state index in [0.717, 1.165) is 19.3 Å². The lowest BCUT2D eigenvalue weighted by atomic mass is 10.0. The van der Waals surface area contributed by atoms with Crippen molar-refractivity contribution in [2.24, 2.45) is 0 Å². The lowest BCUT2D eigenvalue weighted by Gasteiger charge is -2.17. The molecule has 35 heavy (non-hydrogen) atoms. The second-order valence-corrected chi connectivity index (χ2v) is 11.3. The van der Waals surface area contributed by atoms with Gasteiger partial charge in [-0.15, -0.1) is 0 Å². The number of hydrogen-bond acceptors (Lipinski definition) is 2. The van der Waals surface area contributed by atoms with Gasteiger partial charge in [-0.25, -0.2) is 0 Å². The van der Waals surface area contributed by atoms with Gasteiger partial charge < -0.3 is 10.4 Å². The van der Waals surface area contributed by atoms with Crippen LogP contribution in [0.1, 0.15) is 188 Å². The molecule has 0 aromatic rings. The van der Waals surface area contributed by atoms with Crippen LogP contribution in [0.3, 0.4) is 0 Å². The molecule has 0 fully saturated rings. The molecule has 0 aliphatic carbocycles. The average molecular weight is 496 g/mol. The van der Waals surface area contributed by atoms with E-state index in [1.807, 2.05) is 0 Å². The van der Waals surface area contributed by atoms with Gasteiger partial charge in [-0.05, 0) is 19.8 Å². The molecule has 0 aliphatic rings. The van der Waals surface area contributed by atoms with Crippen LogP contribution in [-0.4, -0.2) is 23.2 Å². The summed E-state index contributed by atoms with van der Waals surface area (Å²) in [4.78, 5) is 12.2. The Morgan fingerprint density at radius 3 is 1.14 bits per heavy atom. The molecule has 0 aromatic carbocycles. The monoisotopic (exact) mass is 496 g/mol. The van der Waals surface area contributed by atoms with E-state index in [4.69, 9.17) is 0 Å². The molecule has 0 spiro atoms. The zero-order chi connectivity index (χ0) is 25.8. The number of carbonyl (C=O) groups is 1. The maximum Gasteiger partial charge on any atom is 0.249 e. The van der Waals surface area contributed by atoms with Crippen LogP contribution in [0.15, 0.2) is 0 Å². The molecule has 210 valence electrons. The third-order valence-corrected chi connectivity index (χ3v) is 7.51. The zero-order valence-electron chi connectivity index (χ0n) is 24.4. The Balaban J connectivity index is 3.43. The number of amides is 1. The van der Waals surface area contributed by atoms with Crippen LogP contribution in [0.5, 0.6) is 0 Å². The quantitative estimate of drug-likeness (QED) is 0.106. The molecule has 0 aliphatic heterocycles. The maximum absolute atomic E-state index is 12.2. The highest BCUT2D eigenvalue weighted by Crippen LogP contribution is 2.14. The first-order chi connectivity index (χ1) is 17.1. The number of aliphatic hydroxyl groups is 1. The molecule has 2 unspecified atom stereocenters.